The quantitative estimate of drug-likeness (QED) is 0.0818. The zero-order valence-electron chi connectivity index (χ0n) is 69.1. The number of hydrogen-bond donors (Lipinski definition) is 1. The first-order chi connectivity index (χ1) is 61.8. The Kier molecular flexibility index (Phi) is 26.0. The maximum absolute atomic E-state index is 8.94. The average molecular weight is 1690 g/mol. The van der Waals surface area contributed by atoms with Crippen LogP contribution in [0.2, 0.25) is 0 Å². The molecule has 0 spiro atoms. The molecule has 609 valence electrons. The van der Waals surface area contributed by atoms with Crippen LogP contribution in [0.15, 0.2) is 467 Å². The summed E-state index contributed by atoms with van der Waals surface area (Å²) in [5, 5.41) is 13.9. The molecular weight excluding hydrogens is 1600 g/mol. The molecule has 1 N–H and O–H groups in total. The van der Waals surface area contributed by atoms with Crippen molar-refractivity contribution < 1.29 is 14.4 Å². The lowest BCUT2D eigenvalue weighted by atomic mass is 9.99. The molecule has 126 heavy (non-hydrogen) atoms. The number of para-hydroxylation sites is 2. The summed E-state index contributed by atoms with van der Waals surface area (Å²) in [4.78, 5) is 4.54. The molecule has 9 heteroatoms. The van der Waals surface area contributed by atoms with Gasteiger partial charge in [-0.15, -0.1) is 0 Å². The molecule has 0 atom stereocenters. The first-order valence-corrected chi connectivity index (χ1v) is 43.1. The molecule has 0 aliphatic carbocycles. The van der Waals surface area contributed by atoms with Crippen LogP contribution < -0.4 is 14.5 Å². The molecule has 3 heterocycles. The predicted octanol–water partition coefficient (Wildman–Crippen LogP) is 32.2. The van der Waals surface area contributed by atoms with Gasteiger partial charge < -0.3 is 33.3 Å². The second-order valence-corrected chi connectivity index (χ2v) is 31.7. The van der Waals surface area contributed by atoms with Crippen molar-refractivity contribution in [2.24, 2.45) is 0 Å². The van der Waals surface area contributed by atoms with Crippen LogP contribution in [0.4, 0.5) is 34.1 Å². The fourth-order valence-corrected chi connectivity index (χ4v) is 16.9. The van der Waals surface area contributed by atoms with Gasteiger partial charge in [-0.25, -0.2) is 0 Å². The Balaban J connectivity index is 0.000000139. The minimum Gasteiger partial charge on any atom is -0.537 e. The highest BCUT2D eigenvalue weighted by atomic mass is 79.9. The molecule has 20 aromatic rings. The fraction of sp³-hybridized carbons (Fsp3) is 0.0427. The molecule has 18 aromatic carbocycles. The summed E-state index contributed by atoms with van der Waals surface area (Å²) in [7, 11) is 0.692. The van der Waals surface area contributed by atoms with Crippen LogP contribution >= 0.6 is 15.9 Å². The number of fused-ring (bicyclic) bond motifs is 6. The van der Waals surface area contributed by atoms with E-state index in [0.29, 0.717) is 13.4 Å². The van der Waals surface area contributed by atoms with Crippen molar-refractivity contribution in [3.8, 4) is 95.0 Å². The van der Waals surface area contributed by atoms with Gasteiger partial charge in [0.25, 0.3) is 0 Å². The van der Waals surface area contributed by atoms with Crippen LogP contribution in [-0.4, -0.2) is 35.1 Å². The number of benzene rings is 18. The summed E-state index contributed by atoms with van der Waals surface area (Å²) in [6.45, 7) is 9.77. The van der Waals surface area contributed by atoms with Gasteiger partial charge in [-0.1, -0.05) is 334 Å². The maximum atomic E-state index is 8.94. The molecule has 1 radical (unpaired) electrons. The number of hydrogen-bond acceptors (Lipinski definition) is 5. The lowest BCUT2D eigenvalue weighted by Crippen LogP contribution is -2.10. The number of aromatic nitrogens is 2. The third-order valence-electron chi connectivity index (χ3n) is 23.0. The Labute approximate surface area is 747 Å². The maximum Gasteiger partial charge on any atom is 0.569 e. The van der Waals surface area contributed by atoms with Gasteiger partial charge in [0.15, 0.2) is 0 Å². The zero-order chi connectivity index (χ0) is 84.6. The molecule has 1 aliphatic rings. The summed E-state index contributed by atoms with van der Waals surface area (Å²) >= 11 is 3.64. The molecule has 2 aromatic heterocycles. The highest BCUT2D eigenvalue weighted by molar-refractivity contribution is 9.10. The van der Waals surface area contributed by atoms with Crippen molar-refractivity contribution in [1.29, 1.82) is 0 Å². The average Bonchev–Trinajstić information content (AvgIpc) is 1.59. The Morgan fingerprint density at radius 1 is 0.278 bits per heavy atom. The van der Waals surface area contributed by atoms with E-state index in [-0.39, 0.29) is 7.43 Å². The Hall–Kier alpha value is -15.1. The molecule has 0 bridgehead atoms. The van der Waals surface area contributed by atoms with Gasteiger partial charge in [0.05, 0.1) is 22.1 Å². The number of rotatable bonds is 19. The minimum absolute atomic E-state index is 0. The molecule has 1 aliphatic heterocycles. The first kappa shape index (κ1) is 83.2. The summed E-state index contributed by atoms with van der Waals surface area (Å²) in [6.07, 6.45) is 6.32. The van der Waals surface area contributed by atoms with Crippen LogP contribution in [0, 0.1) is 0 Å². The molecule has 21 rings (SSSR count). The Morgan fingerprint density at radius 3 is 0.770 bits per heavy atom. The standard InChI is InChI=1S/C56H40N2.C30H23BNO2.C26H18BrN.C4H8O.CH4/c1-2-40-18-20-45(21-19-40)47-28-36-55-53(38-47)54-39-48(29-37-56(54)58(55)49-16-10-5-11-17-49)46-26-34-52(35-27-46)57(50-30-22-43(23-31-50)41-12-6-3-7-13-41)51-32-24-44(25-33-51)42-14-8-4-9-15-42;33-31-34-30-21-19-29(20-22-30)32(27-15-11-25(12-16-27)23-7-3-1-4-8-23)28-17-13-26(14-18-28)24-9-5-2-6-10-24;1-2-18-8-10-19(11-9-18)20-12-14-25-23(16-20)24-17-21(27)13-15-26(24)28(25)22-6-4-3-5-7-22;1-2-4-5-3-1;/h2-39H,1H2;1-22,33H;2-17H,1H2;1-4H2;1H4. The molecule has 1 saturated heterocycles. The van der Waals surface area contributed by atoms with Gasteiger partial charge in [0.2, 0.25) is 0 Å². The van der Waals surface area contributed by atoms with Crippen LogP contribution in [0.1, 0.15) is 31.4 Å². The van der Waals surface area contributed by atoms with Crippen LogP contribution in [0.5, 0.6) is 5.75 Å². The first-order valence-electron chi connectivity index (χ1n) is 42.3. The summed E-state index contributed by atoms with van der Waals surface area (Å²) in [5.74, 6) is 0.574. The second kappa shape index (κ2) is 39.4. The van der Waals surface area contributed by atoms with Crippen molar-refractivity contribution >= 4 is 114 Å². The van der Waals surface area contributed by atoms with Crippen molar-refractivity contribution in [2.75, 3.05) is 23.0 Å². The lowest BCUT2D eigenvalue weighted by Gasteiger charge is -2.26. The van der Waals surface area contributed by atoms with E-state index in [9.17, 15) is 0 Å². The molecule has 0 unspecified atom stereocenters. The highest BCUT2D eigenvalue weighted by Gasteiger charge is 2.21. The summed E-state index contributed by atoms with van der Waals surface area (Å²) < 4.78 is 15.8. The van der Waals surface area contributed by atoms with Crippen LogP contribution in [-0.2, 0) is 4.74 Å². The third-order valence-corrected chi connectivity index (χ3v) is 23.5. The highest BCUT2D eigenvalue weighted by Crippen LogP contribution is 2.44. The van der Waals surface area contributed by atoms with Crippen LogP contribution in [0.25, 0.3) is 145 Å². The molecule has 1 fully saturated rings. The third kappa shape index (κ3) is 18.6. The van der Waals surface area contributed by atoms with Crippen molar-refractivity contribution in [3.63, 3.8) is 0 Å². The van der Waals surface area contributed by atoms with Crippen LogP contribution in [0.3, 0.4) is 0 Å². The fourth-order valence-electron chi connectivity index (χ4n) is 16.6. The number of nitrogens with zero attached hydrogens (tertiary/aromatic N) is 4. The second-order valence-electron chi connectivity index (χ2n) is 30.8. The van der Waals surface area contributed by atoms with E-state index in [4.69, 9.17) is 14.4 Å². The van der Waals surface area contributed by atoms with Gasteiger partial charge in [-0.2, -0.15) is 0 Å². The summed E-state index contributed by atoms with van der Waals surface area (Å²) in [6, 6.07) is 159. The van der Waals surface area contributed by atoms with E-state index >= 15 is 0 Å². The molecule has 0 amide bonds. The van der Waals surface area contributed by atoms with Gasteiger partial charge in [0, 0.05) is 84.7 Å². The lowest BCUT2D eigenvalue weighted by molar-refractivity contribution is 0.198. The van der Waals surface area contributed by atoms with Crippen molar-refractivity contribution in [3.05, 3.63) is 478 Å². The smallest absolute Gasteiger partial charge is 0.537 e. The molecule has 7 nitrogen and oxygen atoms in total. The Bertz CT molecular complexity index is 6850. The summed E-state index contributed by atoms with van der Waals surface area (Å²) in [5.41, 5.74) is 32.4. The zero-order valence-corrected chi connectivity index (χ0v) is 70.7. The van der Waals surface area contributed by atoms with E-state index in [1.807, 2.05) is 48.6 Å². The van der Waals surface area contributed by atoms with E-state index in [2.05, 4.69) is 461 Å². The number of ether oxygens (including phenoxy) is 1. The topological polar surface area (TPSA) is 55.0 Å². The number of halogens is 1. The van der Waals surface area contributed by atoms with E-state index in [1.165, 1.54) is 140 Å². The van der Waals surface area contributed by atoms with E-state index < -0.39 is 0 Å². The van der Waals surface area contributed by atoms with Gasteiger partial charge in [-0.3, -0.25) is 0 Å². The largest absolute Gasteiger partial charge is 0.569 e. The van der Waals surface area contributed by atoms with Crippen molar-refractivity contribution in [2.45, 2.75) is 20.3 Å². The Morgan fingerprint density at radius 2 is 0.508 bits per heavy atom. The molecule has 0 saturated carbocycles. The van der Waals surface area contributed by atoms with E-state index in [1.54, 1.807) is 0 Å². The normalized spacial score (nSPS) is 11.4. The SMILES string of the molecule is C.C1CCOC1.C=Cc1ccc(-c2ccc3c(c2)c2cc(-c4ccc(N(c5ccc(-c6ccccc6)cc5)c5ccc(-c6ccccc6)cc5)cc4)ccc2n3-c2ccccc2)cc1.C=Cc1ccc(-c2ccc3c(c2)c2cc(Br)ccc2n3-c2ccccc2)cc1.O[B]Oc1ccc(N(c2ccc(-c3ccccc3)cc2)c2ccc(-c3ccccc3)cc2)cc1. The predicted molar refractivity (Wildman–Crippen MR) is 539 cm³/mol. The van der Waals surface area contributed by atoms with Gasteiger partial charge in [-0.05, 0) is 266 Å². The number of anilines is 6. The van der Waals surface area contributed by atoms with Crippen molar-refractivity contribution in [1.82, 2.24) is 9.13 Å². The van der Waals surface area contributed by atoms with E-state index in [0.717, 1.165) is 68.6 Å². The monoisotopic (exact) mass is 1690 g/mol. The minimum atomic E-state index is 0. The van der Waals surface area contributed by atoms with Gasteiger partial charge >= 0.3 is 7.69 Å². The molecular formula is C117H93BBrN4O3. The van der Waals surface area contributed by atoms with Gasteiger partial charge in [0.1, 0.15) is 5.75 Å².